The summed E-state index contributed by atoms with van der Waals surface area (Å²) >= 11 is 0. The predicted octanol–water partition coefficient (Wildman–Crippen LogP) is 1.16. The minimum absolute atomic E-state index is 0. The second-order valence-electron chi connectivity index (χ2n) is 5.64. The Morgan fingerprint density at radius 1 is 1.38 bits per heavy atom. The van der Waals surface area contributed by atoms with E-state index in [-0.39, 0.29) is 30.6 Å². The molecule has 0 bridgehead atoms. The van der Waals surface area contributed by atoms with Gasteiger partial charge in [-0.15, -0.1) is 12.4 Å². The van der Waals surface area contributed by atoms with E-state index in [1.165, 1.54) is 24.3 Å². The molecule has 0 aliphatic heterocycles. The minimum atomic E-state index is -0.987. The highest BCUT2D eigenvalue weighted by Gasteiger charge is 2.23. The van der Waals surface area contributed by atoms with Gasteiger partial charge in [0.15, 0.2) is 5.69 Å². The first-order chi connectivity index (χ1) is 10.7. The van der Waals surface area contributed by atoms with Crippen molar-refractivity contribution in [1.82, 2.24) is 15.3 Å². The van der Waals surface area contributed by atoms with Gasteiger partial charge in [0.25, 0.3) is 11.5 Å². The number of amides is 1. The molecule has 0 radical (unpaired) electrons. The Bertz CT molecular complexity index is 785. The van der Waals surface area contributed by atoms with Crippen LogP contribution in [0.25, 0.3) is 0 Å². The maximum absolute atomic E-state index is 12.8. The van der Waals surface area contributed by atoms with Crippen molar-refractivity contribution < 1.29 is 14.3 Å². The van der Waals surface area contributed by atoms with Crippen LogP contribution in [0, 0.1) is 5.82 Å². The van der Waals surface area contributed by atoms with E-state index in [2.05, 4.69) is 15.3 Å². The van der Waals surface area contributed by atoms with Crippen molar-refractivity contribution in [3.8, 4) is 5.75 Å². The number of nitrogens with one attached hydrogen (secondary N) is 2. The highest BCUT2D eigenvalue weighted by molar-refractivity contribution is 5.94. The fraction of sp³-hybridized carbons (Fsp3) is 0.267. The van der Waals surface area contributed by atoms with Gasteiger partial charge in [-0.1, -0.05) is 12.1 Å². The zero-order valence-corrected chi connectivity index (χ0v) is 13.9. The van der Waals surface area contributed by atoms with Gasteiger partial charge in [0.1, 0.15) is 11.6 Å². The fourth-order valence-electron chi connectivity index (χ4n) is 1.80. The van der Waals surface area contributed by atoms with Crippen LogP contribution >= 0.6 is 12.4 Å². The topological polar surface area (TPSA) is 121 Å². The Labute approximate surface area is 143 Å². The number of carbonyl (C=O) groups excluding carboxylic acids is 1. The number of aromatic nitrogens is 2. The molecule has 0 fully saturated rings. The van der Waals surface area contributed by atoms with E-state index in [0.29, 0.717) is 5.56 Å². The molecule has 24 heavy (non-hydrogen) atoms. The van der Waals surface area contributed by atoms with E-state index in [1.54, 1.807) is 13.8 Å². The summed E-state index contributed by atoms with van der Waals surface area (Å²) in [7, 11) is 0. The number of H-pyrrole nitrogens is 1. The summed E-state index contributed by atoms with van der Waals surface area (Å²) in [6.07, 6.45) is 0. The highest BCUT2D eigenvalue weighted by atomic mass is 35.5. The van der Waals surface area contributed by atoms with E-state index in [9.17, 15) is 19.1 Å². The van der Waals surface area contributed by atoms with Gasteiger partial charge in [-0.2, -0.15) is 0 Å². The van der Waals surface area contributed by atoms with E-state index in [0.717, 1.165) is 0 Å². The predicted molar refractivity (Wildman–Crippen MR) is 88.6 cm³/mol. The van der Waals surface area contributed by atoms with Crippen LogP contribution in [0.4, 0.5) is 4.39 Å². The summed E-state index contributed by atoms with van der Waals surface area (Å²) in [6, 6.07) is 5.54. The van der Waals surface area contributed by atoms with Gasteiger partial charge in [-0.05, 0) is 31.5 Å². The summed E-state index contributed by atoms with van der Waals surface area (Å²) < 4.78 is 12.8. The second kappa shape index (κ2) is 7.41. The molecule has 0 saturated heterocycles. The Balaban J connectivity index is 0.00000288. The average molecular weight is 357 g/mol. The van der Waals surface area contributed by atoms with Crippen molar-refractivity contribution in [3.63, 3.8) is 0 Å². The number of aromatic amines is 1. The zero-order chi connectivity index (χ0) is 17.2. The number of nitrogens with zero attached hydrogens (tertiary/aromatic N) is 1. The van der Waals surface area contributed by atoms with E-state index in [4.69, 9.17) is 5.73 Å². The molecule has 2 rings (SSSR count). The van der Waals surface area contributed by atoms with Crippen molar-refractivity contribution in [2.45, 2.75) is 25.9 Å². The number of rotatable bonds is 4. The monoisotopic (exact) mass is 356 g/mol. The third-order valence-electron chi connectivity index (χ3n) is 3.09. The van der Waals surface area contributed by atoms with Gasteiger partial charge in [0, 0.05) is 6.54 Å². The molecule has 5 N–H and O–H groups in total. The first-order valence-electron chi connectivity index (χ1n) is 6.84. The smallest absolute Gasteiger partial charge is 0.293 e. The first-order valence-corrected chi connectivity index (χ1v) is 6.84. The van der Waals surface area contributed by atoms with Crippen LogP contribution in [0.15, 0.2) is 29.1 Å². The summed E-state index contributed by atoms with van der Waals surface area (Å²) in [4.78, 5) is 30.1. The summed E-state index contributed by atoms with van der Waals surface area (Å²) in [5.41, 5.74) is 4.25. The maximum atomic E-state index is 12.8. The molecule has 130 valence electrons. The molecule has 0 spiro atoms. The van der Waals surface area contributed by atoms with Gasteiger partial charge >= 0.3 is 0 Å². The Morgan fingerprint density at radius 2 is 1.96 bits per heavy atom. The van der Waals surface area contributed by atoms with E-state index in [1.807, 2.05) is 0 Å². The molecule has 1 aromatic heterocycles. The molecule has 0 unspecified atom stereocenters. The third-order valence-corrected chi connectivity index (χ3v) is 3.09. The lowest BCUT2D eigenvalue weighted by atomic mass is 10.1. The molecule has 1 aromatic carbocycles. The summed E-state index contributed by atoms with van der Waals surface area (Å²) in [5.74, 6) is -1.82. The van der Waals surface area contributed by atoms with Gasteiger partial charge in [-0.3, -0.25) is 9.59 Å². The Hall–Kier alpha value is -2.45. The lowest BCUT2D eigenvalue weighted by Gasteiger charge is -2.18. The van der Waals surface area contributed by atoms with Crippen LogP contribution in [-0.2, 0) is 12.1 Å². The van der Waals surface area contributed by atoms with Gasteiger partial charge in [0.05, 0.1) is 5.54 Å². The van der Waals surface area contributed by atoms with Crippen LogP contribution in [0.3, 0.4) is 0 Å². The number of benzene rings is 1. The number of hydrogen-bond acceptors (Lipinski definition) is 5. The SMILES string of the molecule is CC(C)(N)c1nc(C(=O)NCc2ccc(F)cc2)c(O)c(=O)[nH]1.Cl. The molecule has 1 amide bonds. The number of nitrogens with two attached hydrogens (primary N) is 1. The van der Waals surface area contributed by atoms with Crippen LogP contribution in [0.1, 0.15) is 35.7 Å². The number of hydrogen-bond donors (Lipinski definition) is 4. The Kier molecular flexibility index (Phi) is 6.05. The molecule has 1 heterocycles. The second-order valence-corrected chi connectivity index (χ2v) is 5.64. The van der Waals surface area contributed by atoms with E-state index >= 15 is 0 Å². The summed E-state index contributed by atoms with van der Waals surface area (Å²) in [5, 5.41) is 12.2. The number of halogens is 2. The molecular formula is C15H18ClFN4O3. The van der Waals surface area contributed by atoms with Crippen LogP contribution in [-0.4, -0.2) is 21.0 Å². The number of carbonyl (C=O) groups is 1. The third kappa shape index (κ3) is 4.53. The molecule has 0 saturated carbocycles. The largest absolute Gasteiger partial charge is 0.501 e. The average Bonchev–Trinajstić information content (AvgIpc) is 2.48. The van der Waals surface area contributed by atoms with Crippen LogP contribution in [0.5, 0.6) is 5.75 Å². The molecular weight excluding hydrogens is 339 g/mol. The van der Waals surface area contributed by atoms with E-state index < -0.39 is 28.4 Å². The van der Waals surface area contributed by atoms with Crippen molar-refractivity contribution in [2.24, 2.45) is 5.73 Å². The normalized spacial score (nSPS) is 10.8. The van der Waals surface area contributed by atoms with Crippen molar-refractivity contribution >= 4 is 18.3 Å². The maximum Gasteiger partial charge on any atom is 0.293 e. The van der Waals surface area contributed by atoms with Gasteiger partial charge < -0.3 is 21.1 Å². The summed E-state index contributed by atoms with van der Waals surface area (Å²) in [6.45, 7) is 3.29. The standard InChI is InChI=1S/C15H17FN4O3.ClH/c1-15(2,17)14-19-10(11(21)13(23)20-14)12(22)18-7-8-3-5-9(16)6-4-8;/h3-6,21H,7,17H2,1-2H3,(H,18,22)(H,19,20,23);1H. The highest BCUT2D eigenvalue weighted by Crippen LogP contribution is 2.15. The zero-order valence-electron chi connectivity index (χ0n) is 13.1. The lowest BCUT2D eigenvalue weighted by molar-refractivity contribution is 0.0941. The van der Waals surface area contributed by atoms with Crippen molar-refractivity contribution in [2.75, 3.05) is 0 Å². The first kappa shape index (κ1) is 19.6. The Morgan fingerprint density at radius 3 is 2.50 bits per heavy atom. The van der Waals surface area contributed by atoms with Crippen LogP contribution in [0.2, 0.25) is 0 Å². The quantitative estimate of drug-likeness (QED) is 0.655. The lowest BCUT2D eigenvalue weighted by Crippen LogP contribution is -2.35. The molecule has 9 heteroatoms. The molecule has 0 atom stereocenters. The van der Waals surface area contributed by atoms with Crippen molar-refractivity contribution in [1.29, 1.82) is 0 Å². The molecule has 2 aromatic rings. The molecule has 0 aliphatic carbocycles. The van der Waals surface area contributed by atoms with Gasteiger partial charge in [-0.25, -0.2) is 9.37 Å². The fourth-order valence-corrected chi connectivity index (χ4v) is 1.80. The van der Waals surface area contributed by atoms with Gasteiger partial charge in [0.2, 0.25) is 5.75 Å². The van der Waals surface area contributed by atoms with Crippen molar-refractivity contribution in [3.05, 3.63) is 57.5 Å². The number of aromatic hydroxyl groups is 1. The van der Waals surface area contributed by atoms with Crippen LogP contribution < -0.4 is 16.6 Å². The molecule has 0 aliphatic rings. The molecule has 7 nitrogen and oxygen atoms in total. The minimum Gasteiger partial charge on any atom is -0.501 e.